The molecule has 0 aromatic carbocycles. The summed E-state index contributed by atoms with van der Waals surface area (Å²) in [4.78, 5) is 14.7. The first-order valence-electron chi connectivity index (χ1n) is 6.55. The van der Waals surface area contributed by atoms with Crippen LogP contribution in [0.25, 0.3) is 0 Å². The van der Waals surface area contributed by atoms with Crippen LogP contribution in [0.1, 0.15) is 22.5 Å². The number of nitrogens with zero attached hydrogens (tertiary/aromatic N) is 1. The second-order valence-corrected chi connectivity index (χ2v) is 6.17. The monoisotopic (exact) mass is 302 g/mol. The second-order valence-electron chi connectivity index (χ2n) is 4.84. The first kappa shape index (κ1) is 14.8. The molecule has 1 saturated heterocycles. The molecule has 0 bridgehead atoms. The van der Waals surface area contributed by atoms with Gasteiger partial charge in [0.25, 0.3) is 5.91 Å². The van der Waals surface area contributed by atoms with E-state index >= 15 is 0 Å². The molecule has 2 rings (SSSR count). The fourth-order valence-electron chi connectivity index (χ4n) is 2.37. The number of aliphatic hydroxyl groups is 1. The number of likely N-dealkylation sites (tertiary alicyclic amines) is 1. The highest BCUT2D eigenvalue weighted by molar-refractivity contribution is 7.12. The minimum Gasteiger partial charge on any atom is -0.396 e. The molecule has 1 fully saturated rings. The Kier molecular flexibility index (Phi) is 5.63. The molecule has 2 heterocycles. The number of thiophene rings is 1. The normalized spacial score (nSPS) is 20.4. The van der Waals surface area contributed by atoms with Crippen molar-refractivity contribution in [1.82, 2.24) is 10.2 Å². The molecule has 1 aliphatic heterocycles. The summed E-state index contributed by atoms with van der Waals surface area (Å²) >= 11 is 7.27. The molecule has 106 valence electrons. The molecule has 0 radical (unpaired) electrons. The molecular weight excluding hydrogens is 284 g/mol. The van der Waals surface area contributed by atoms with Crippen LogP contribution in [0.5, 0.6) is 0 Å². The van der Waals surface area contributed by atoms with E-state index in [-0.39, 0.29) is 12.5 Å². The van der Waals surface area contributed by atoms with Crippen LogP contribution in [0.15, 0.2) is 11.4 Å². The molecule has 4 nitrogen and oxygen atoms in total. The van der Waals surface area contributed by atoms with Crippen LogP contribution >= 0.6 is 22.9 Å². The molecule has 0 saturated carbocycles. The van der Waals surface area contributed by atoms with E-state index in [1.165, 1.54) is 11.3 Å². The van der Waals surface area contributed by atoms with Crippen LogP contribution in [0, 0.1) is 5.92 Å². The van der Waals surface area contributed by atoms with Gasteiger partial charge in [0.2, 0.25) is 0 Å². The van der Waals surface area contributed by atoms with Crippen LogP contribution in [0.3, 0.4) is 0 Å². The third-order valence-electron chi connectivity index (χ3n) is 3.40. The fourth-order valence-corrected chi connectivity index (χ4v) is 3.42. The summed E-state index contributed by atoms with van der Waals surface area (Å²) in [5.41, 5.74) is 0. The van der Waals surface area contributed by atoms with Crippen molar-refractivity contribution in [3.05, 3.63) is 21.3 Å². The van der Waals surface area contributed by atoms with Crippen molar-refractivity contribution in [1.29, 1.82) is 0 Å². The van der Waals surface area contributed by atoms with Crippen molar-refractivity contribution in [2.75, 3.05) is 32.8 Å². The Bertz CT molecular complexity index is 425. The van der Waals surface area contributed by atoms with E-state index in [0.29, 0.717) is 22.4 Å². The average Bonchev–Trinajstić information content (AvgIpc) is 2.85. The Morgan fingerprint density at radius 3 is 3.16 bits per heavy atom. The molecule has 0 spiro atoms. The predicted molar refractivity (Wildman–Crippen MR) is 77.9 cm³/mol. The predicted octanol–water partition coefficient (Wildman–Crippen LogP) is 1.84. The lowest BCUT2D eigenvalue weighted by Crippen LogP contribution is -2.41. The van der Waals surface area contributed by atoms with Gasteiger partial charge in [-0.25, -0.2) is 0 Å². The van der Waals surface area contributed by atoms with Crippen molar-refractivity contribution in [3.8, 4) is 0 Å². The smallest absolute Gasteiger partial charge is 0.262 e. The number of carbonyl (C=O) groups excluding carboxylic acids is 1. The fraction of sp³-hybridized carbons (Fsp3) is 0.615. The summed E-state index contributed by atoms with van der Waals surface area (Å²) in [6.45, 7) is 3.67. The van der Waals surface area contributed by atoms with Crippen LogP contribution in [0.4, 0.5) is 0 Å². The maximum Gasteiger partial charge on any atom is 0.262 e. The van der Waals surface area contributed by atoms with Gasteiger partial charge in [0.05, 0.1) is 5.02 Å². The maximum absolute atomic E-state index is 11.8. The Labute approximate surface area is 122 Å². The number of carbonyl (C=O) groups is 1. The molecule has 1 aromatic heterocycles. The summed E-state index contributed by atoms with van der Waals surface area (Å²) in [7, 11) is 0. The molecule has 1 aliphatic rings. The number of hydrogen-bond acceptors (Lipinski definition) is 4. The Morgan fingerprint density at radius 2 is 2.47 bits per heavy atom. The van der Waals surface area contributed by atoms with Gasteiger partial charge in [-0.2, -0.15) is 0 Å². The number of hydrogen-bond donors (Lipinski definition) is 2. The number of amides is 1. The molecule has 2 N–H and O–H groups in total. The standard InChI is InChI=1S/C13H19ClN2O2S/c14-11-3-7-19-12(11)13(18)15-4-6-16-5-1-2-10(8-16)9-17/h3,7,10,17H,1-2,4-6,8-9H2,(H,15,18)/t10-/m1/s1. The van der Waals surface area contributed by atoms with Gasteiger partial charge in [-0.1, -0.05) is 11.6 Å². The largest absolute Gasteiger partial charge is 0.396 e. The first-order valence-corrected chi connectivity index (χ1v) is 7.81. The highest BCUT2D eigenvalue weighted by Gasteiger charge is 2.19. The summed E-state index contributed by atoms with van der Waals surface area (Å²) in [5.74, 6) is 0.284. The van der Waals surface area contributed by atoms with Crippen LogP contribution < -0.4 is 5.32 Å². The topological polar surface area (TPSA) is 52.6 Å². The molecule has 1 atom stereocenters. The molecule has 19 heavy (non-hydrogen) atoms. The SMILES string of the molecule is O=C(NCCN1CCC[C@@H](CO)C1)c1sccc1Cl. The highest BCUT2D eigenvalue weighted by atomic mass is 35.5. The minimum absolute atomic E-state index is 0.101. The van der Waals surface area contributed by atoms with Gasteiger partial charge in [0.15, 0.2) is 0 Å². The lowest BCUT2D eigenvalue weighted by molar-refractivity contribution is 0.0934. The summed E-state index contributed by atoms with van der Waals surface area (Å²) in [6.07, 6.45) is 2.22. The van der Waals surface area contributed by atoms with Crippen LogP contribution in [0.2, 0.25) is 5.02 Å². The second kappa shape index (κ2) is 7.24. The van der Waals surface area contributed by atoms with Crippen molar-refractivity contribution in [3.63, 3.8) is 0 Å². The molecule has 0 aliphatic carbocycles. The van der Waals surface area contributed by atoms with Gasteiger partial charge >= 0.3 is 0 Å². The molecular formula is C13H19ClN2O2S. The third kappa shape index (κ3) is 4.18. The van der Waals surface area contributed by atoms with Gasteiger partial charge < -0.3 is 15.3 Å². The average molecular weight is 303 g/mol. The number of rotatable bonds is 5. The minimum atomic E-state index is -0.101. The van der Waals surface area contributed by atoms with Crippen LogP contribution in [-0.2, 0) is 0 Å². The zero-order valence-electron chi connectivity index (χ0n) is 10.8. The molecule has 1 aromatic rings. The van der Waals surface area contributed by atoms with Crippen LogP contribution in [-0.4, -0.2) is 48.7 Å². The van der Waals surface area contributed by atoms with Crippen molar-refractivity contribution in [2.24, 2.45) is 5.92 Å². The zero-order valence-corrected chi connectivity index (χ0v) is 12.3. The lowest BCUT2D eigenvalue weighted by Gasteiger charge is -2.31. The van der Waals surface area contributed by atoms with E-state index in [0.717, 1.165) is 32.5 Å². The van der Waals surface area contributed by atoms with Gasteiger partial charge in [-0.3, -0.25) is 4.79 Å². The quantitative estimate of drug-likeness (QED) is 0.872. The van der Waals surface area contributed by atoms with Crippen molar-refractivity contribution >= 4 is 28.8 Å². The number of nitrogens with one attached hydrogen (secondary N) is 1. The summed E-state index contributed by atoms with van der Waals surface area (Å²) in [5, 5.41) is 14.4. The molecule has 6 heteroatoms. The number of aliphatic hydroxyl groups excluding tert-OH is 1. The van der Waals surface area contributed by atoms with E-state index in [1.807, 2.05) is 5.38 Å². The molecule has 0 unspecified atom stereocenters. The van der Waals surface area contributed by atoms with E-state index in [4.69, 9.17) is 16.7 Å². The first-order chi connectivity index (χ1) is 9.20. The Hall–Kier alpha value is -0.620. The Morgan fingerprint density at radius 1 is 1.63 bits per heavy atom. The van der Waals surface area contributed by atoms with E-state index in [9.17, 15) is 4.79 Å². The summed E-state index contributed by atoms with van der Waals surface area (Å²) < 4.78 is 0. The van der Waals surface area contributed by atoms with Crippen molar-refractivity contribution < 1.29 is 9.90 Å². The number of piperidine rings is 1. The van der Waals surface area contributed by atoms with E-state index in [2.05, 4.69) is 10.2 Å². The van der Waals surface area contributed by atoms with Gasteiger partial charge in [-0.15, -0.1) is 11.3 Å². The van der Waals surface area contributed by atoms with Gasteiger partial charge in [-0.05, 0) is 36.8 Å². The molecule has 1 amide bonds. The Balaban J connectivity index is 1.72. The zero-order chi connectivity index (χ0) is 13.7. The van der Waals surface area contributed by atoms with Gasteiger partial charge in [0.1, 0.15) is 4.88 Å². The van der Waals surface area contributed by atoms with Gasteiger partial charge in [0, 0.05) is 26.2 Å². The lowest BCUT2D eigenvalue weighted by atomic mass is 9.99. The summed E-state index contributed by atoms with van der Waals surface area (Å²) in [6, 6.07) is 1.73. The van der Waals surface area contributed by atoms with Crippen molar-refractivity contribution in [2.45, 2.75) is 12.8 Å². The maximum atomic E-state index is 11.8. The van der Waals surface area contributed by atoms with E-state index in [1.54, 1.807) is 6.07 Å². The highest BCUT2D eigenvalue weighted by Crippen LogP contribution is 2.21. The third-order valence-corrected chi connectivity index (χ3v) is 4.74. The van der Waals surface area contributed by atoms with E-state index < -0.39 is 0 Å². The number of halogens is 1.